The van der Waals surface area contributed by atoms with Crippen molar-refractivity contribution in [1.82, 2.24) is 20.0 Å². The molecule has 0 aromatic heterocycles. The smallest absolute Gasteiger partial charge is 0.334 e. The number of aryl methyl sites for hydroxylation is 1. The minimum Gasteiger partial charge on any atom is -0.478 e. The van der Waals surface area contributed by atoms with Crippen LogP contribution < -0.4 is 11.1 Å². The number of carbonyl (C=O) groups excluding carboxylic acids is 1. The van der Waals surface area contributed by atoms with E-state index in [4.69, 9.17) is 33.7 Å². The second kappa shape index (κ2) is 17.1. The maximum Gasteiger partial charge on any atom is 0.334 e. The summed E-state index contributed by atoms with van der Waals surface area (Å²) in [6.07, 6.45) is 5.96. The fourth-order valence-electron chi connectivity index (χ4n) is 8.58. The van der Waals surface area contributed by atoms with E-state index in [-0.39, 0.29) is 51.2 Å². The van der Waals surface area contributed by atoms with E-state index in [9.17, 15) is 24.6 Å². The molecule has 2 aromatic carbocycles. The summed E-state index contributed by atoms with van der Waals surface area (Å²) < 4.78 is 5.82. The highest BCUT2D eigenvalue weighted by Crippen LogP contribution is 2.45. The molecule has 3 atom stereocenters. The van der Waals surface area contributed by atoms with Gasteiger partial charge in [0.15, 0.2) is 0 Å². The molecule has 1 amide bonds. The molecule has 0 saturated carbocycles. The molecule has 0 spiro atoms. The number of allylic oxidation sites excluding steroid dienone is 1. The number of ether oxygens (including phenoxy) is 1. The Bertz CT molecular complexity index is 1690. The van der Waals surface area contributed by atoms with Crippen LogP contribution in [0.2, 0.25) is 10.0 Å². The number of hydrogen-bond donors (Lipinski definition) is 4. The summed E-state index contributed by atoms with van der Waals surface area (Å²) in [4.78, 5) is 47.0. The number of carboxylic acid groups (broad SMARTS) is 2. The van der Waals surface area contributed by atoms with Crippen molar-refractivity contribution in [2.45, 2.75) is 82.0 Å². The Kier molecular flexibility index (Phi) is 12.6. The number of nitrogens with zero attached hydrogens (tertiary/aromatic N) is 3. The molecule has 3 unspecified atom stereocenters. The van der Waals surface area contributed by atoms with Gasteiger partial charge in [0.2, 0.25) is 5.91 Å². The topological polar surface area (TPSA) is 149 Å². The van der Waals surface area contributed by atoms with Gasteiger partial charge in [0.05, 0.1) is 30.1 Å². The van der Waals surface area contributed by atoms with Gasteiger partial charge in [-0.15, -0.1) is 0 Å². The van der Waals surface area contributed by atoms with Gasteiger partial charge < -0.3 is 35.8 Å². The van der Waals surface area contributed by atoms with Crippen LogP contribution in [-0.4, -0.2) is 107 Å². The lowest BCUT2D eigenvalue weighted by Crippen LogP contribution is -2.56. The van der Waals surface area contributed by atoms with Crippen LogP contribution in [0.5, 0.6) is 0 Å². The van der Waals surface area contributed by atoms with Gasteiger partial charge in [-0.05, 0) is 81.8 Å². The number of piperidine rings is 1. The molecule has 11 nitrogen and oxygen atoms in total. The lowest BCUT2D eigenvalue weighted by Gasteiger charge is -2.45. The van der Waals surface area contributed by atoms with Crippen LogP contribution in [0.4, 0.5) is 0 Å². The van der Waals surface area contributed by atoms with E-state index in [1.165, 1.54) is 12.8 Å². The van der Waals surface area contributed by atoms with Gasteiger partial charge in [-0.2, -0.15) is 0 Å². The van der Waals surface area contributed by atoms with Crippen molar-refractivity contribution >= 4 is 41.0 Å². The molecule has 2 aromatic rings. The van der Waals surface area contributed by atoms with Crippen LogP contribution in [-0.2, 0) is 32.1 Å². The van der Waals surface area contributed by atoms with Crippen LogP contribution in [0.1, 0.15) is 67.6 Å². The Morgan fingerprint density at radius 2 is 1.46 bits per heavy atom. The summed E-state index contributed by atoms with van der Waals surface area (Å²) >= 11 is 13.3. The number of aliphatic carboxylic acids is 2. The fraction of sp³-hybridized carbons (Fsp3) is 0.513. The number of dihydropyridines is 1. The number of carboxylic acids is 2. The molecule has 2 bridgehead atoms. The van der Waals surface area contributed by atoms with Crippen LogP contribution in [0.3, 0.4) is 0 Å². The molecule has 6 rings (SSSR count). The summed E-state index contributed by atoms with van der Waals surface area (Å²) in [5.74, 6) is -4.19. The van der Waals surface area contributed by atoms with E-state index in [0.717, 1.165) is 43.5 Å². The number of carbonyl (C=O) groups is 3. The highest BCUT2D eigenvalue weighted by atomic mass is 35.5. The number of rotatable bonds is 14. The Balaban J connectivity index is 1.26. The minimum absolute atomic E-state index is 0.139. The first-order valence-electron chi connectivity index (χ1n) is 18.3. The molecule has 280 valence electrons. The maximum atomic E-state index is 14.0. The van der Waals surface area contributed by atoms with E-state index in [0.29, 0.717) is 63.1 Å². The predicted molar refractivity (Wildman–Crippen MR) is 200 cm³/mol. The summed E-state index contributed by atoms with van der Waals surface area (Å²) in [5.41, 5.74) is 7.75. The third-order valence-electron chi connectivity index (χ3n) is 11.4. The van der Waals surface area contributed by atoms with Gasteiger partial charge in [-0.25, -0.2) is 9.59 Å². The molecule has 3 saturated heterocycles. The monoisotopic (exact) mass is 753 g/mol. The zero-order chi connectivity index (χ0) is 36.9. The molecule has 5 N–H and O–H groups in total. The molecule has 4 heterocycles. The SMILES string of the molecule is CN1C2CCC1CC(N1CCN(C(=O)CC3=C(C(=O)O)C(c4c(Cl)cccc4Cl)C(C(=O)O)=C(CCc4ccccc4COCCCN)N3)CC1)C2. The number of benzene rings is 2. The second-order valence-corrected chi connectivity index (χ2v) is 15.1. The van der Waals surface area contributed by atoms with Gasteiger partial charge in [0, 0.05) is 77.9 Å². The molecular formula is C39H49Cl2N5O6. The molecule has 52 heavy (non-hydrogen) atoms. The Labute approximate surface area is 315 Å². The van der Waals surface area contributed by atoms with Crippen molar-refractivity contribution < 1.29 is 29.3 Å². The fourth-order valence-corrected chi connectivity index (χ4v) is 9.19. The normalized spacial score (nSPS) is 24.0. The quantitative estimate of drug-likeness (QED) is 0.194. The molecule has 0 aliphatic carbocycles. The van der Waals surface area contributed by atoms with Crippen molar-refractivity contribution in [3.05, 3.63) is 91.7 Å². The van der Waals surface area contributed by atoms with Crippen molar-refractivity contribution in [2.24, 2.45) is 5.73 Å². The van der Waals surface area contributed by atoms with Gasteiger partial charge in [-0.3, -0.25) is 9.69 Å². The van der Waals surface area contributed by atoms with Crippen molar-refractivity contribution in [1.29, 1.82) is 0 Å². The highest BCUT2D eigenvalue weighted by Gasteiger charge is 2.43. The maximum absolute atomic E-state index is 14.0. The first-order valence-corrected chi connectivity index (χ1v) is 19.0. The van der Waals surface area contributed by atoms with Crippen molar-refractivity contribution in [3.8, 4) is 0 Å². The Morgan fingerprint density at radius 3 is 2.08 bits per heavy atom. The van der Waals surface area contributed by atoms with Gasteiger partial charge in [-0.1, -0.05) is 53.5 Å². The molecule has 0 radical (unpaired) electrons. The number of hydrogen-bond acceptors (Lipinski definition) is 8. The molecule has 4 aliphatic rings. The Hall–Kier alpha value is -3.45. The zero-order valence-electron chi connectivity index (χ0n) is 29.7. The highest BCUT2D eigenvalue weighted by molar-refractivity contribution is 6.36. The molecule has 3 fully saturated rings. The van der Waals surface area contributed by atoms with Crippen molar-refractivity contribution in [2.75, 3.05) is 46.4 Å². The number of halogens is 2. The average molecular weight is 755 g/mol. The Morgan fingerprint density at radius 1 is 0.846 bits per heavy atom. The number of nitrogens with two attached hydrogens (primary N) is 1. The largest absolute Gasteiger partial charge is 0.478 e. The lowest BCUT2D eigenvalue weighted by molar-refractivity contribution is -0.133. The first-order chi connectivity index (χ1) is 25.1. The summed E-state index contributed by atoms with van der Waals surface area (Å²) in [5, 5.41) is 24.8. The molecule has 4 aliphatic heterocycles. The summed E-state index contributed by atoms with van der Waals surface area (Å²) in [6.45, 7) is 4.05. The van der Waals surface area contributed by atoms with Gasteiger partial charge in [0.25, 0.3) is 0 Å². The number of fused-ring (bicyclic) bond motifs is 2. The predicted octanol–water partition coefficient (Wildman–Crippen LogP) is 5.02. The minimum atomic E-state index is -1.35. The van der Waals surface area contributed by atoms with E-state index in [1.54, 1.807) is 23.1 Å². The van der Waals surface area contributed by atoms with Crippen LogP contribution >= 0.6 is 23.2 Å². The zero-order valence-corrected chi connectivity index (χ0v) is 31.2. The number of amides is 1. The summed E-state index contributed by atoms with van der Waals surface area (Å²) in [6, 6.07) is 14.3. The third kappa shape index (κ3) is 8.35. The van der Waals surface area contributed by atoms with E-state index in [2.05, 4.69) is 22.2 Å². The van der Waals surface area contributed by atoms with Gasteiger partial charge >= 0.3 is 11.9 Å². The first kappa shape index (κ1) is 38.3. The average Bonchev–Trinajstić information content (AvgIpc) is 3.30. The van der Waals surface area contributed by atoms with Crippen LogP contribution in [0.25, 0.3) is 0 Å². The third-order valence-corrected chi connectivity index (χ3v) is 12.0. The van der Waals surface area contributed by atoms with Crippen LogP contribution in [0, 0.1) is 0 Å². The number of piperazine rings is 1. The van der Waals surface area contributed by atoms with Gasteiger partial charge in [0.1, 0.15) is 0 Å². The van der Waals surface area contributed by atoms with Crippen molar-refractivity contribution in [3.63, 3.8) is 0 Å². The van der Waals surface area contributed by atoms with E-state index in [1.807, 2.05) is 24.3 Å². The number of nitrogens with one attached hydrogen (secondary N) is 1. The standard InChI is InChI=1S/C39H49Cl2N5O6/c1-44-26-11-12-27(44)21-28(20-26)45-15-17-46(18-16-45)33(47)22-32-36(39(50)51)37(34-29(40)8-4-9-30(34)41)35(38(48)49)31(43-32)13-10-24-6-2-3-7-25(24)23-52-19-5-14-42/h2-4,6-9,26-28,37,43H,5,10-23,42H2,1H3,(H,48,49)(H,50,51). The molecule has 13 heteroatoms. The van der Waals surface area contributed by atoms with E-state index >= 15 is 0 Å². The lowest BCUT2D eigenvalue weighted by atomic mass is 9.78. The van der Waals surface area contributed by atoms with Crippen LogP contribution in [0.15, 0.2) is 65.0 Å². The second-order valence-electron chi connectivity index (χ2n) is 14.3. The van der Waals surface area contributed by atoms with E-state index < -0.39 is 17.9 Å². The summed E-state index contributed by atoms with van der Waals surface area (Å²) in [7, 11) is 2.23. The molecular weight excluding hydrogens is 705 g/mol.